The molecular weight excluding hydrogens is 480 g/mol. The van der Waals surface area contributed by atoms with E-state index in [2.05, 4.69) is 24.3 Å². The minimum atomic E-state index is -0.458. The minimum Gasteiger partial charge on any atom is -0.462 e. The highest BCUT2D eigenvalue weighted by Gasteiger charge is 2.31. The van der Waals surface area contributed by atoms with Gasteiger partial charge in [0.05, 0.1) is 17.7 Å². The number of rotatable bonds is 7. The highest BCUT2D eigenvalue weighted by Crippen LogP contribution is 2.43. The fraction of sp³-hybridized carbons (Fsp3) is 0.440. The summed E-state index contributed by atoms with van der Waals surface area (Å²) >= 11 is 2.65. The quantitative estimate of drug-likeness (QED) is 0.187. The molecule has 2 aromatic heterocycles. The smallest absolute Gasteiger partial charge is 0.311 e. The van der Waals surface area contributed by atoms with Gasteiger partial charge in [-0.15, -0.1) is 10.2 Å². The second-order valence-electron chi connectivity index (χ2n) is 9.08. The molecule has 0 bridgehead atoms. The minimum absolute atomic E-state index is 0.0705. The lowest BCUT2D eigenvalue weighted by Gasteiger charge is -2.33. The van der Waals surface area contributed by atoms with Crippen LogP contribution in [0, 0.1) is 18.9 Å². The summed E-state index contributed by atoms with van der Waals surface area (Å²) < 4.78 is 10.0. The zero-order valence-electron chi connectivity index (χ0n) is 20.3. The number of hydrogen-bond donors (Lipinski definition) is 0. The van der Waals surface area contributed by atoms with Crippen LogP contribution in [0.25, 0.3) is 16.1 Å². The molecule has 1 saturated heterocycles. The fourth-order valence-electron chi connectivity index (χ4n) is 3.55. The first-order valence-electron chi connectivity index (χ1n) is 11.6. The standard InChI is InChI=1S/C25H28N6O2S2/c1-6-25(3,4)23(32)33-18-12-14-31(15-13-18)24-27-20(17-10-8-7-9-11-17)21(34-24)28-29-22-19(26-5)16(2)30-35-22/h7-11,18H,6,12-15H2,1-4H3/b29-28+. The molecule has 1 aliphatic heterocycles. The van der Waals surface area contributed by atoms with Crippen molar-refractivity contribution in [3.05, 3.63) is 47.4 Å². The van der Waals surface area contributed by atoms with E-state index in [-0.39, 0.29) is 12.1 Å². The SMILES string of the molecule is [C-]#[N+]c1c(C)nsc1/N=N/c1sc(N2CCC(OC(=O)C(C)(C)CC)CC2)nc1-c1ccccc1. The van der Waals surface area contributed by atoms with Crippen LogP contribution in [0.2, 0.25) is 0 Å². The summed E-state index contributed by atoms with van der Waals surface area (Å²) in [6.45, 7) is 16.5. The van der Waals surface area contributed by atoms with Crippen molar-refractivity contribution in [3.63, 3.8) is 0 Å². The van der Waals surface area contributed by atoms with Crippen LogP contribution < -0.4 is 4.90 Å². The van der Waals surface area contributed by atoms with Gasteiger partial charge in [0.25, 0.3) is 0 Å². The number of carbonyl (C=O) groups excluding carboxylic acids is 1. The number of anilines is 1. The highest BCUT2D eigenvalue weighted by atomic mass is 32.1. The third-order valence-corrected chi connectivity index (χ3v) is 8.04. The molecule has 0 aliphatic carbocycles. The van der Waals surface area contributed by atoms with Crippen LogP contribution >= 0.6 is 22.9 Å². The zero-order valence-corrected chi connectivity index (χ0v) is 21.9. The van der Waals surface area contributed by atoms with Crippen LogP contribution in [0.1, 0.15) is 45.7 Å². The van der Waals surface area contributed by atoms with Gasteiger partial charge in [-0.2, -0.15) is 0 Å². The maximum Gasteiger partial charge on any atom is 0.311 e. The number of azo groups is 1. The van der Waals surface area contributed by atoms with Crippen molar-refractivity contribution in [2.75, 3.05) is 18.0 Å². The molecule has 0 radical (unpaired) electrons. The molecule has 10 heteroatoms. The maximum absolute atomic E-state index is 12.5. The van der Waals surface area contributed by atoms with Gasteiger partial charge in [-0.3, -0.25) is 4.79 Å². The van der Waals surface area contributed by atoms with Crippen molar-refractivity contribution < 1.29 is 9.53 Å². The first-order chi connectivity index (χ1) is 16.8. The lowest BCUT2D eigenvalue weighted by molar-refractivity contribution is -0.160. The van der Waals surface area contributed by atoms with E-state index < -0.39 is 5.41 Å². The Morgan fingerprint density at radius 2 is 1.91 bits per heavy atom. The second-order valence-corrected chi connectivity index (χ2v) is 10.8. The Kier molecular flexibility index (Phi) is 7.57. The fourth-order valence-corrected chi connectivity index (χ4v) is 5.18. The number of esters is 1. The molecule has 35 heavy (non-hydrogen) atoms. The molecule has 1 aliphatic rings. The van der Waals surface area contributed by atoms with Gasteiger partial charge in [0.1, 0.15) is 11.8 Å². The largest absolute Gasteiger partial charge is 0.462 e. The number of nitrogens with zero attached hydrogens (tertiary/aromatic N) is 6. The summed E-state index contributed by atoms with van der Waals surface area (Å²) in [6, 6.07) is 9.90. The van der Waals surface area contributed by atoms with Crippen molar-refractivity contribution in [1.29, 1.82) is 0 Å². The lowest BCUT2D eigenvalue weighted by Crippen LogP contribution is -2.39. The lowest BCUT2D eigenvalue weighted by atomic mass is 9.90. The molecule has 0 N–H and O–H groups in total. The molecule has 0 unspecified atom stereocenters. The average Bonchev–Trinajstić information content (AvgIpc) is 3.46. The van der Waals surface area contributed by atoms with Crippen molar-refractivity contribution in [1.82, 2.24) is 9.36 Å². The molecule has 0 spiro atoms. The summed E-state index contributed by atoms with van der Waals surface area (Å²) in [4.78, 5) is 23.1. The Labute approximate surface area is 213 Å². The van der Waals surface area contributed by atoms with Crippen LogP contribution in [0.3, 0.4) is 0 Å². The van der Waals surface area contributed by atoms with Gasteiger partial charge in [0, 0.05) is 31.5 Å². The predicted octanol–water partition coefficient (Wildman–Crippen LogP) is 7.49. The third kappa shape index (κ3) is 5.57. The summed E-state index contributed by atoms with van der Waals surface area (Å²) in [6.07, 6.45) is 2.20. The van der Waals surface area contributed by atoms with E-state index in [4.69, 9.17) is 16.3 Å². The summed E-state index contributed by atoms with van der Waals surface area (Å²) in [5.74, 6) is -0.126. The van der Waals surface area contributed by atoms with Gasteiger partial charge in [-0.1, -0.05) is 48.6 Å². The Morgan fingerprint density at radius 3 is 2.57 bits per heavy atom. The van der Waals surface area contributed by atoms with E-state index >= 15 is 0 Å². The molecule has 3 heterocycles. The van der Waals surface area contributed by atoms with Crippen molar-refractivity contribution >= 4 is 49.7 Å². The van der Waals surface area contributed by atoms with E-state index in [1.54, 1.807) is 6.92 Å². The Bertz CT molecular complexity index is 1250. The molecule has 1 aromatic carbocycles. The number of carbonyl (C=O) groups is 1. The number of hydrogen-bond acceptors (Lipinski definition) is 9. The number of benzene rings is 1. The number of aryl methyl sites for hydroxylation is 1. The van der Waals surface area contributed by atoms with Crippen molar-refractivity contribution in [2.45, 2.75) is 53.1 Å². The van der Waals surface area contributed by atoms with E-state index in [1.807, 2.05) is 51.1 Å². The first-order valence-corrected chi connectivity index (χ1v) is 13.2. The zero-order chi connectivity index (χ0) is 25.0. The number of thiazole rings is 1. The number of ether oxygens (including phenoxy) is 1. The topological polar surface area (TPSA) is 84.4 Å². The van der Waals surface area contributed by atoms with E-state index in [1.165, 1.54) is 22.9 Å². The third-order valence-electron chi connectivity index (χ3n) is 6.23. The highest BCUT2D eigenvalue weighted by molar-refractivity contribution is 7.19. The summed E-state index contributed by atoms with van der Waals surface area (Å²) in [5.41, 5.74) is 2.37. The van der Waals surface area contributed by atoms with Crippen molar-refractivity contribution in [3.8, 4) is 11.3 Å². The van der Waals surface area contributed by atoms with Crippen LogP contribution in [0.5, 0.6) is 0 Å². The van der Waals surface area contributed by atoms with Gasteiger partial charge in [0.2, 0.25) is 5.69 Å². The van der Waals surface area contributed by atoms with Crippen LogP contribution in [-0.2, 0) is 9.53 Å². The molecule has 0 amide bonds. The number of piperidine rings is 1. The average molecular weight is 509 g/mol. The molecule has 1 fully saturated rings. The Hall–Kier alpha value is -3.16. The van der Waals surface area contributed by atoms with Gasteiger partial charge < -0.3 is 9.64 Å². The van der Waals surface area contributed by atoms with Gasteiger partial charge in [0.15, 0.2) is 15.1 Å². The molecular formula is C25H28N6O2S2. The van der Waals surface area contributed by atoms with Crippen molar-refractivity contribution in [2.24, 2.45) is 15.6 Å². The summed E-state index contributed by atoms with van der Waals surface area (Å²) in [5, 5.41) is 10.9. The van der Waals surface area contributed by atoms with Crippen LogP contribution in [-0.4, -0.2) is 34.5 Å². The van der Waals surface area contributed by atoms with Gasteiger partial charge in [-0.05, 0) is 38.7 Å². The molecule has 4 rings (SSSR count). The van der Waals surface area contributed by atoms with Gasteiger partial charge in [-0.25, -0.2) is 14.2 Å². The van der Waals surface area contributed by atoms with Crippen LogP contribution in [0.4, 0.5) is 20.8 Å². The number of aromatic nitrogens is 2. The molecule has 0 saturated carbocycles. The molecule has 0 atom stereocenters. The Balaban J connectivity index is 1.54. The van der Waals surface area contributed by atoms with Crippen LogP contribution in [0.15, 0.2) is 40.6 Å². The van der Waals surface area contributed by atoms with E-state index in [9.17, 15) is 4.79 Å². The molecule has 3 aromatic rings. The van der Waals surface area contributed by atoms with E-state index in [0.717, 1.165) is 48.7 Å². The summed E-state index contributed by atoms with van der Waals surface area (Å²) in [7, 11) is 0. The first kappa shape index (κ1) is 24.9. The maximum atomic E-state index is 12.5. The Morgan fingerprint density at radius 1 is 1.23 bits per heavy atom. The molecule has 8 nitrogen and oxygen atoms in total. The monoisotopic (exact) mass is 508 g/mol. The van der Waals surface area contributed by atoms with Gasteiger partial charge >= 0.3 is 5.97 Å². The van der Waals surface area contributed by atoms with E-state index in [0.29, 0.717) is 21.4 Å². The predicted molar refractivity (Wildman–Crippen MR) is 140 cm³/mol. The molecule has 182 valence electrons. The second kappa shape index (κ2) is 10.6. The normalized spacial score (nSPS) is 14.9.